The van der Waals surface area contributed by atoms with Crippen molar-refractivity contribution in [3.8, 4) is 11.5 Å². The van der Waals surface area contributed by atoms with Crippen LogP contribution in [0.3, 0.4) is 0 Å². The number of hydrogen-bond acceptors (Lipinski definition) is 4. The van der Waals surface area contributed by atoms with Crippen LogP contribution in [0.2, 0.25) is 0 Å². The highest BCUT2D eigenvalue weighted by Gasteiger charge is 2.28. The third-order valence-electron chi connectivity index (χ3n) is 3.54. The molecule has 1 aliphatic carbocycles. The van der Waals surface area contributed by atoms with Gasteiger partial charge in [-0.25, -0.2) is 0 Å². The number of nitrogens with two attached hydrogens (primary N) is 1. The molecule has 1 unspecified atom stereocenters. The lowest BCUT2D eigenvalue weighted by Gasteiger charge is -2.10. The fourth-order valence-electron chi connectivity index (χ4n) is 2.14. The highest BCUT2D eigenvalue weighted by atomic mass is 35.5. The molecule has 6 nitrogen and oxygen atoms in total. The molecule has 0 aliphatic heterocycles. The van der Waals surface area contributed by atoms with E-state index in [1.54, 1.807) is 6.07 Å². The topological polar surface area (TPSA) is 96.9 Å². The van der Waals surface area contributed by atoms with Crippen molar-refractivity contribution in [2.45, 2.75) is 25.8 Å². The number of carbonyl (C=O) groups excluding carboxylic acids is 1. The zero-order valence-corrected chi connectivity index (χ0v) is 12.6. The van der Waals surface area contributed by atoms with E-state index in [4.69, 9.17) is 10.2 Å². The number of amides is 1. The highest BCUT2D eigenvalue weighted by Crippen LogP contribution is 2.31. The van der Waals surface area contributed by atoms with Crippen molar-refractivity contribution in [1.82, 2.24) is 15.5 Å². The minimum atomic E-state index is -0.216. The molecule has 1 saturated carbocycles. The normalized spacial score (nSPS) is 15.3. The van der Waals surface area contributed by atoms with Crippen LogP contribution in [0.15, 0.2) is 22.6 Å². The van der Waals surface area contributed by atoms with Gasteiger partial charge in [-0.1, -0.05) is 0 Å². The summed E-state index contributed by atoms with van der Waals surface area (Å²) in [5.74, 6) is 1.84. The molecular weight excluding hydrogens is 292 g/mol. The van der Waals surface area contributed by atoms with Crippen LogP contribution in [0.5, 0.6) is 0 Å². The Balaban J connectivity index is 0.00000161. The van der Waals surface area contributed by atoms with Crippen molar-refractivity contribution in [2.24, 2.45) is 11.7 Å². The molecule has 0 aromatic carbocycles. The van der Waals surface area contributed by atoms with Crippen LogP contribution in [0, 0.1) is 12.8 Å². The molecule has 1 fully saturated rings. The van der Waals surface area contributed by atoms with Gasteiger partial charge in [0.1, 0.15) is 11.5 Å². The number of carbonyl (C=O) groups is 1. The van der Waals surface area contributed by atoms with E-state index in [0.29, 0.717) is 29.6 Å². The number of aromatic amines is 1. The Hall–Kier alpha value is -1.79. The number of nitrogens with zero attached hydrogens (tertiary/aromatic N) is 1. The van der Waals surface area contributed by atoms with Crippen molar-refractivity contribution in [2.75, 3.05) is 6.54 Å². The van der Waals surface area contributed by atoms with Crippen LogP contribution >= 0.6 is 12.4 Å². The van der Waals surface area contributed by atoms with Gasteiger partial charge in [0.2, 0.25) is 0 Å². The van der Waals surface area contributed by atoms with E-state index in [0.717, 1.165) is 5.76 Å². The molecule has 2 aromatic rings. The second kappa shape index (κ2) is 6.32. The predicted molar refractivity (Wildman–Crippen MR) is 81.3 cm³/mol. The zero-order chi connectivity index (χ0) is 14.1. The highest BCUT2D eigenvalue weighted by molar-refractivity contribution is 5.93. The van der Waals surface area contributed by atoms with Gasteiger partial charge in [-0.3, -0.25) is 9.89 Å². The molecule has 2 heterocycles. The molecule has 0 radical (unpaired) electrons. The summed E-state index contributed by atoms with van der Waals surface area (Å²) in [6.07, 6.45) is 2.34. The molecule has 2 aromatic heterocycles. The predicted octanol–water partition coefficient (Wildman–Crippen LogP) is 1.87. The minimum absolute atomic E-state index is 0. The van der Waals surface area contributed by atoms with Gasteiger partial charge in [0.05, 0.1) is 0 Å². The molecule has 114 valence electrons. The minimum Gasteiger partial charge on any atom is -0.460 e. The van der Waals surface area contributed by atoms with E-state index in [1.807, 2.05) is 19.1 Å². The van der Waals surface area contributed by atoms with Crippen molar-refractivity contribution in [1.29, 1.82) is 0 Å². The second-order valence-corrected chi connectivity index (χ2v) is 5.29. The molecule has 7 heteroatoms. The number of rotatable bonds is 5. The van der Waals surface area contributed by atoms with E-state index in [9.17, 15) is 4.79 Å². The van der Waals surface area contributed by atoms with Crippen molar-refractivity contribution < 1.29 is 9.21 Å². The van der Waals surface area contributed by atoms with Gasteiger partial charge in [-0.15, -0.1) is 12.4 Å². The van der Waals surface area contributed by atoms with Crippen LogP contribution in [-0.2, 0) is 0 Å². The number of nitrogens with one attached hydrogen (secondary N) is 2. The second-order valence-electron chi connectivity index (χ2n) is 5.29. The third kappa shape index (κ3) is 3.65. The Morgan fingerprint density at radius 3 is 2.95 bits per heavy atom. The summed E-state index contributed by atoms with van der Waals surface area (Å²) >= 11 is 0. The number of H-pyrrole nitrogens is 1. The molecule has 4 N–H and O–H groups in total. The Morgan fingerprint density at radius 2 is 2.33 bits per heavy atom. The monoisotopic (exact) mass is 310 g/mol. The SMILES string of the molecule is Cc1ccc(-c2cc(C(=O)NCC(N)C3CC3)n[nH]2)o1.Cl. The first kappa shape index (κ1) is 15.6. The summed E-state index contributed by atoms with van der Waals surface area (Å²) in [7, 11) is 0. The fraction of sp³-hybridized carbons (Fsp3) is 0.429. The number of furan rings is 1. The van der Waals surface area contributed by atoms with Gasteiger partial charge in [0.25, 0.3) is 5.91 Å². The molecule has 21 heavy (non-hydrogen) atoms. The Bertz CT molecular complexity index is 618. The van der Waals surface area contributed by atoms with E-state index >= 15 is 0 Å². The first-order chi connectivity index (χ1) is 9.63. The number of aryl methyl sites for hydroxylation is 1. The van der Waals surface area contributed by atoms with Crippen LogP contribution in [0.4, 0.5) is 0 Å². The summed E-state index contributed by atoms with van der Waals surface area (Å²) in [6, 6.07) is 5.43. The van der Waals surface area contributed by atoms with E-state index in [-0.39, 0.29) is 24.4 Å². The van der Waals surface area contributed by atoms with Crippen molar-refractivity contribution in [3.05, 3.63) is 29.7 Å². The summed E-state index contributed by atoms with van der Waals surface area (Å²) in [6.45, 7) is 2.36. The average Bonchev–Trinajstić information content (AvgIpc) is 3.01. The van der Waals surface area contributed by atoms with Gasteiger partial charge in [-0.2, -0.15) is 5.10 Å². The summed E-state index contributed by atoms with van der Waals surface area (Å²) < 4.78 is 5.48. The first-order valence-electron chi connectivity index (χ1n) is 6.79. The molecule has 1 atom stereocenters. The van der Waals surface area contributed by atoms with Crippen LogP contribution in [0.1, 0.15) is 29.1 Å². The molecular formula is C14H19ClN4O2. The fourth-order valence-corrected chi connectivity index (χ4v) is 2.14. The molecule has 0 saturated heterocycles. The standard InChI is InChI=1S/C14H18N4O2.ClH/c1-8-2-5-13(20-8)11-6-12(18-17-11)14(19)16-7-10(15)9-3-4-9;/h2,5-6,9-10H,3-4,7,15H2,1H3,(H,16,19)(H,17,18);1H. The van der Waals surface area contributed by atoms with Crippen LogP contribution < -0.4 is 11.1 Å². The van der Waals surface area contributed by atoms with Crippen molar-refractivity contribution in [3.63, 3.8) is 0 Å². The van der Waals surface area contributed by atoms with Gasteiger partial charge in [0, 0.05) is 18.7 Å². The molecule has 1 aliphatic rings. The van der Waals surface area contributed by atoms with E-state index in [2.05, 4.69) is 15.5 Å². The van der Waals surface area contributed by atoms with Gasteiger partial charge in [-0.05, 0) is 37.8 Å². The Labute approximate surface area is 128 Å². The smallest absolute Gasteiger partial charge is 0.271 e. The van der Waals surface area contributed by atoms with E-state index < -0.39 is 0 Å². The molecule has 1 amide bonds. The summed E-state index contributed by atoms with van der Waals surface area (Å²) in [5.41, 5.74) is 6.98. The zero-order valence-electron chi connectivity index (χ0n) is 11.8. The van der Waals surface area contributed by atoms with Gasteiger partial charge >= 0.3 is 0 Å². The van der Waals surface area contributed by atoms with Gasteiger partial charge in [0.15, 0.2) is 11.5 Å². The molecule has 3 rings (SSSR count). The molecule has 0 spiro atoms. The number of halogens is 1. The lowest BCUT2D eigenvalue weighted by Crippen LogP contribution is -2.38. The Morgan fingerprint density at radius 1 is 1.57 bits per heavy atom. The third-order valence-corrected chi connectivity index (χ3v) is 3.54. The lowest BCUT2D eigenvalue weighted by atomic mass is 10.2. The quantitative estimate of drug-likeness (QED) is 0.785. The maximum Gasteiger partial charge on any atom is 0.271 e. The Kier molecular flexibility index (Phi) is 4.69. The number of aromatic nitrogens is 2. The summed E-state index contributed by atoms with van der Waals surface area (Å²) in [5, 5.41) is 9.62. The average molecular weight is 311 g/mol. The first-order valence-corrected chi connectivity index (χ1v) is 6.79. The van der Waals surface area contributed by atoms with Crippen LogP contribution in [0.25, 0.3) is 11.5 Å². The molecule has 0 bridgehead atoms. The maximum atomic E-state index is 12.0. The van der Waals surface area contributed by atoms with Crippen LogP contribution in [-0.4, -0.2) is 28.7 Å². The van der Waals surface area contributed by atoms with Crippen molar-refractivity contribution >= 4 is 18.3 Å². The van der Waals surface area contributed by atoms with E-state index in [1.165, 1.54) is 12.8 Å². The summed E-state index contributed by atoms with van der Waals surface area (Å²) in [4.78, 5) is 12.0. The number of hydrogen-bond donors (Lipinski definition) is 3. The van der Waals surface area contributed by atoms with Gasteiger partial charge < -0.3 is 15.5 Å². The maximum absolute atomic E-state index is 12.0. The largest absolute Gasteiger partial charge is 0.460 e. The lowest BCUT2D eigenvalue weighted by molar-refractivity contribution is 0.0945.